The summed E-state index contributed by atoms with van der Waals surface area (Å²) in [5.74, 6) is 0. The van der Waals surface area contributed by atoms with Crippen molar-refractivity contribution in [2.45, 2.75) is 44.2 Å². The molecule has 1 fully saturated rings. The summed E-state index contributed by atoms with van der Waals surface area (Å²) in [6, 6.07) is 8.86. The second kappa shape index (κ2) is 7.09. The van der Waals surface area contributed by atoms with E-state index >= 15 is 0 Å². The number of aliphatic hydroxyl groups excluding tert-OH is 1. The van der Waals surface area contributed by atoms with Crippen LogP contribution in [0.2, 0.25) is 0 Å². The van der Waals surface area contributed by atoms with E-state index in [-0.39, 0.29) is 0 Å². The number of rotatable bonds is 5. The third-order valence-electron chi connectivity index (χ3n) is 4.45. The first-order valence-corrected chi connectivity index (χ1v) is 7.73. The largest absolute Gasteiger partial charge is 0.387 e. The van der Waals surface area contributed by atoms with Crippen molar-refractivity contribution in [1.29, 1.82) is 0 Å². The standard InChI is InChI=1S/C17H28N2O/c1-18(2)15-11-9-14(10-12-15)17(20)13-19(3)16-7-5-4-6-8-16/h9-12,16-17,20H,4-8,13H2,1-3H3. The van der Waals surface area contributed by atoms with Gasteiger partial charge in [-0.05, 0) is 37.6 Å². The molecule has 1 aromatic carbocycles. The molecule has 0 bridgehead atoms. The Bertz CT molecular complexity index is 396. The van der Waals surface area contributed by atoms with Gasteiger partial charge >= 0.3 is 0 Å². The zero-order valence-corrected chi connectivity index (χ0v) is 13.0. The Morgan fingerprint density at radius 2 is 1.65 bits per heavy atom. The molecule has 1 aliphatic rings. The molecule has 3 heteroatoms. The van der Waals surface area contributed by atoms with E-state index in [1.807, 2.05) is 26.2 Å². The molecule has 0 saturated heterocycles. The molecule has 0 aliphatic heterocycles. The van der Waals surface area contributed by atoms with Crippen molar-refractivity contribution in [1.82, 2.24) is 4.90 Å². The van der Waals surface area contributed by atoms with E-state index in [0.717, 1.165) is 12.1 Å². The fraction of sp³-hybridized carbons (Fsp3) is 0.647. The Morgan fingerprint density at radius 3 is 2.20 bits per heavy atom. The van der Waals surface area contributed by atoms with Crippen LogP contribution in [-0.2, 0) is 0 Å². The maximum absolute atomic E-state index is 10.4. The molecule has 0 radical (unpaired) electrons. The summed E-state index contributed by atoms with van der Waals surface area (Å²) in [6.45, 7) is 0.728. The van der Waals surface area contributed by atoms with Gasteiger partial charge in [0.2, 0.25) is 0 Å². The predicted molar refractivity (Wildman–Crippen MR) is 85.2 cm³/mol. The average molecular weight is 276 g/mol. The van der Waals surface area contributed by atoms with Crippen molar-refractivity contribution < 1.29 is 5.11 Å². The zero-order valence-electron chi connectivity index (χ0n) is 13.0. The highest BCUT2D eigenvalue weighted by Gasteiger charge is 2.20. The summed E-state index contributed by atoms with van der Waals surface area (Å²) in [4.78, 5) is 4.41. The molecule has 3 nitrogen and oxygen atoms in total. The molecule has 1 unspecified atom stereocenters. The molecule has 0 aromatic heterocycles. The molecule has 1 atom stereocenters. The zero-order chi connectivity index (χ0) is 14.5. The highest BCUT2D eigenvalue weighted by atomic mass is 16.3. The fourth-order valence-electron chi connectivity index (χ4n) is 3.04. The highest BCUT2D eigenvalue weighted by Crippen LogP contribution is 2.24. The van der Waals surface area contributed by atoms with Crippen LogP contribution in [0.5, 0.6) is 0 Å². The molecular formula is C17H28N2O. The molecule has 2 rings (SSSR count). The second-order valence-corrected chi connectivity index (χ2v) is 6.23. The van der Waals surface area contributed by atoms with Gasteiger partial charge in [0, 0.05) is 32.4 Å². The summed E-state index contributed by atoms with van der Waals surface area (Å²) in [7, 11) is 6.21. The monoisotopic (exact) mass is 276 g/mol. The third kappa shape index (κ3) is 3.97. The molecule has 1 aromatic rings. The van der Waals surface area contributed by atoms with Crippen LogP contribution >= 0.6 is 0 Å². The van der Waals surface area contributed by atoms with Crippen LogP contribution in [0.1, 0.15) is 43.8 Å². The van der Waals surface area contributed by atoms with Crippen LogP contribution in [0, 0.1) is 0 Å². The van der Waals surface area contributed by atoms with E-state index in [2.05, 4.69) is 29.0 Å². The first kappa shape index (κ1) is 15.3. The summed E-state index contributed by atoms with van der Waals surface area (Å²) in [6.07, 6.45) is 6.22. The molecule has 0 spiro atoms. The Morgan fingerprint density at radius 1 is 1.05 bits per heavy atom. The number of likely N-dealkylation sites (N-methyl/N-ethyl adjacent to an activating group) is 1. The molecule has 1 saturated carbocycles. The summed E-state index contributed by atoms with van der Waals surface area (Å²) in [5, 5.41) is 10.4. The van der Waals surface area contributed by atoms with Crippen molar-refractivity contribution in [3.8, 4) is 0 Å². The number of benzene rings is 1. The van der Waals surface area contributed by atoms with E-state index in [1.165, 1.54) is 37.8 Å². The van der Waals surface area contributed by atoms with Gasteiger partial charge in [-0.25, -0.2) is 0 Å². The smallest absolute Gasteiger partial charge is 0.0916 e. The van der Waals surface area contributed by atoms with Crippen molar-refractivity contribution in [2.75, 3.05) is 32.6 Å². The number of nitrogens with zero attached hydrogens (tertiary/aromatic N) is 2. The van der Waals surface area contributed by atoms with Crippen LogP contribution in [0.25, 0.3) is 0 Å². The van der Waals surface area contributed by atoms with Gasteiger partial charge in [-0.1, -0.05) is 31.4 Å². The van der Waals surface area contributed by atoms with Crippen molar-refractivity contribution in [3.63, 3.8) is 0 Å². The minimum absolute atomic E-state index is 0.391. The van der Waals surface area contributed by atoms with E-state index in [4.69, 9.17) is 0 Å². The van der Waals surface area contributed by atoms with E-state index in [1.54, 1.807) is 0 Å². The molecule has 1 N–H and O–H groups in total. The Labute approximate surface area is 123 Å². The molecule has 112 valence electrons. The van der Waals surface area contributed by atoms with Crippen molar-refractivity contribution in [3.05, 3.63) is 29.8 Å². The van der Waals surface area contributed by atoms with Crippen LogP contribution in [0.3, 0.4) is 0 Å². The lowest BCUT2D eigenvalue weighted by molar-refractivity contribution is 0.0914. The van der Waals surface area contributed by atoms with Crippen molar-refractivity contribution >= 4 is 5.69 Å². The quantitative estimate of drug-likeness (QED) is 0.895. The van der Waals surface area contributed by atoms with E-state index in [0.29, 0.717) is 6.04 Å². The van der Waals surface area contributed by atoms with E-state index < -0.39 is 6.10 Å². The molecule has 0 amide bonds. The Balaban J connectivity index is 1.91. The number of hydrogen-bond donors (Lipinski definition) is 1. The minimum atomic E-state index is -0.391. The summed E-state index contributed by atoms with van der Waals surface area (Å²) < 4.78 is 0. The number of anilines is 1. The fourth-order valence-corrected chi connectivity index (χ4v) is 3.04. The molecular weight excluding hydrogens is 248 g/mol. The number of aliphatic hydroxyl groups is 1. The molecule has 0 heterocycles. The highest BCUT2D eigenvalue weighted by molar-refractivity contribution is 5.46. The molecule has 1 aliphatic carbocycles. The van der Waals surface area contributed by atoms with Gasteiger partial charge in [0.25, 0.3) is 0 Å². The van der Waals surface area contributed by atoms with Gasteiger partial charge in [-0.3, -0.25) is 0 Å². The normalized spacial score (nSPS) is 18.2. The Kier molecular flexibility index (Phi) is 5.44. The Hall–Kier alpha value is -1.06. The SMILES string of the molecule is CN(C)c1ccc(C(O)CN(C)C2CCCCC2)cc1. The predicted octanol–water partition coefficient (Wildman–Crippen LogP) is 3.05. The van der Waals surface area contributed by atoms with Crippen molar-refractivity contribution in [2.24, 2.45) is 0 Å². The lowest BCUT2D eigenvalue weighted by Gasteiger charge is -2.32. The topological polar surface area (TPSA) is 26.7 Å². The second-order valence-electron chi connectivity index (χ2n) is 6.23. The summed E-state index contributed by atoms with van der Waals surface area (Å²) in [5.41, 5.74) is 2.18. The van der Waals surface area contributed by atoms with Gasteiger partial charge in [0.1, 0.15) is 0 Å². The number of hydrogen-bond acceptors (Lipinski definition) is 3. The van der Waals surface area contributed by atoms with Crippen LogP contribution in [0.4, 0.5) is 5.69 Å². The van der Waals surface area contributed by atoms with Crippen LogP contribution in [-0.4, -0.2) is 43.7 Å². The average Bonchev–Trinajstić information content (AvgIpc) is 2.48. The maximum Gasteiger partial charge on any atom is 0.0916 e. The van der Waals surface area contributed by atoms with Crippen LogP contribution in [0.15, 0.2) is 24.3 Å². The lowest BCUT2D eigenvalue weighted by Crippen LogP contribution is -2.36. The maximum atomic E-state index is 10.4. The first-order valence-electron chi connectivity index (χ1n) is 7.73. The summed E-state index contributed by atoms with van der Waals surface area (Å²) >= 11 is 0. The van der Waals surface area contributed by atoms with Gasteiger partial charge in [0.15, 0.2) is 0 Å². The minimum Gasteiger partial charge on any atom is -0.387 e. The van der Waals surface area contributed by atoms with E-state index in [9.17, 15) is 5.11 Å². The van der Waals surface area contributed by atoms with Gasteiger partial charge < -0.3 is 14.9 Å². The third-order valence-corrected chi connectivity index (χ3v) is 4.45. The van der Waals surface area contributed by atoms with Gasteiger partial charge in [-0.2, -0.15) is 0 Å². The van der Waals surface area contributed by atoms with Crippen LogP contribution < -0.4 is 4.90 Å². The van der Waals surface area contributed by atoms with Gasteiger partial charge in [0.05, 0.1) is 6.10 Å². The van der Waals surface area contributed by atoms with Gasteiger partial charge in [-0.15, -0.1) is 0 Å². The first-order chi connectivity index (χ1) is 9.58. The molecule has 20 heavy (non-hydrogen) atoms. The lowest BCUT2D eigenvalue weighted by atomic mass is 9.94.